The molecule has 0 aromatic heterocycles. The summed E-state index contributed by atoms with van der Waals surface area (Å²) in [6, 6.07) is 8.87. The predicted molar refractivity (Wildman–Crippen MR) is 74.5 cm³/mol. The van der Waals surface area contributed by atoms with E-state index in [9.17, 15) is 0 Å². The Kier molecular flexibility index (Phi) is 4.86. The second-order valence-corrected chi connectivity index (χ2v) is 5.49. The molecule has 1 aromatic rings. The molecule has 0 amide bonds. The van der Waals surface area contributed by atoms with E-state index in [-0.39, 0.29) is 0 Å². The molecule has 0 heterocycles. The average molecular weight is 298 g/mol. The van der Waals surface area contributed by atoms with Crippen LogP contribution in [0.4, 0.5) is 0 Å². The van der Waals surface area contributed by atoms with Gasteiger partial charge in [0.1, 0.15) is 12.4 Å². The van der Waals surface area contributed by atoms with Crippen LogP contribution in [0.15, 0.2) is 28.7 Å². The molecular formula is C14H20BrNO. The fourth-order valence-corrected chi connectivity index (χ4v) is 2.42. The van der Waals surface area contributed by atoms with Crippen molar-refractivity contribution in [1.82, 2.24) is 4.90 Å². The SMILES string of the molecule is CCCN(CCOc1cccc(Br)c1)C1CC1. The van der Waals surface area contributed by atoms with Crippen molar-refractivity contribution < 1.29 is 4.74 Å². The molecule has 2 nitrogen and oxygen atoms in total. The van der Waals surface area contributed by atoms with Crippen molar-refractivity contribution >= 4 is 15.9 Å². The Bertz CT molecular complexity index is 352. The standard InChI is InChI=1S/C14H20BrNO/c1-2-8-16(13-6-7-13)9-10-17-14-5-3-4-12(15)11-14/h3-5,11,13H,2,6-10H2,1H3. The molecule has 1 aromatic carbocycles. The van der Waals surface area contributed by atoms with Gasteiger partial charge in [-0.2, -0.15) is 0 Å². The van der Waals surface area contributed by atoms with Crippen molar-refractivity contribution in [3.63, 3.8) is 0 Å². The van der Waals surface area contributed by atoms with E-state index in [1.807, 2.05) is 24.3 Å². The van der Waals surface area contributed by atoms with Gasteiger partial charge in [-0.3, -0.25) is 4.90 Å². The highest BCUT2D eigenvalue weighted by molar-refractivity contribution is 9.10. The lowest BCUT2D eigenvalue weighted by atomic mass is 10.3. The number of hydrogen-bond acceptors (Lipinski definition) is 2. The van der Waals surface area contributed by atoms with Gasteiger partial charge in [-0.1, -0.05) is 28.9 Å². The van der Waals surface area contributed by atoms with E-state index in [2.05, 4.69) is 27.8 Å². The van der Waals surface area contributed by atoms with Crippen LogP contribution in [0.5, 0.6) is 5.75 Å². The molecule has 94 valence electrons. The van der Waals surface area contributed by atoms with Crippen molar-refractivity contribution in [3.8, 4) is 5.75 Å². The van der Waals surface area contributed by atoms with Gasteiger partial charge < -0.3 is 4.74 Å². The molecule has 1 fully saturated rings. The lowest BCUT2D eigenvalue weighted by Crippen LogP contribution is -2.31. The highest BCUT2D eigenvalue weighted by Gasteiger charge is 2.27. The van der Waals surface area contributed by atoms with Gasteiger partial charge in [-0.25, -0.2) is 0 Å². The topological polar surface area (TPSA) is 12.5 Å². The van der Waals surface area contributed by atoms with Crippen LogP contribution >= 0.6 is 15.9 Å². The lowest BCUT2D eigenvalue weighted by Gasteiger charge is -2.21. The average Bonchev–Trinajstić information content (AvgIpc) is 3.12. The van der Waals surface area contributed by atoms with Gasteiger partial charge in [0.05, 0.1) is 0 Å². The third kappa shape index (κ3) is 4.32. The Morgan fingerprint density at radius 2 is 2.18 bits per heavy atom. The molecule has 2 rings (SSSR count). The van der Waals surface area contributed by atoms with E-state index in [0.717, 1.165) is 29.4 Å². The summed E-state index contributed by atoms with van der Waals surface area (Å²) in [5.41, 5.74) is 0. The summed E-state index contributed by atoms with van der Waals surface area (Å²) < 4.78 is 6.84. The normalized spacial score (nSPS) is 15.2. The first-order chi connectivity index (χ1) is 8.29. The molecule has 1 aliphatic carbocycles. The Balaban J connectivity index is 1.74. The quantitative estimate of drug-likeness (QED) is 0.761. The molecule has 0 atom stereocenters. The van der Waals surface area contributed by atoms with Crippen molar-refractivity contribution in [2.75, 3.05) is 19.7 Å². The number of benzene rings is 1. The number of hydrogen-bond donors (Lipinski definition) is 0. The van der Waals surface area contributed by atoms with Crippen LogP contribution in [0.3, 0.4) is 0 Å². The Morgan fingerprint density at radius 3 is 2.82 bits per heavy atom. The molecule has 17 heavy (non-hydrogen) atoms. The van der Waals surface area contributed by atoms with Crippen molar-refractivity contribution in [2.45, 2.75) is 32.2 Å². The first-order valence-electron chi connectivity index (χ1n) is 6.42. The summed E-state index contributed by atoms with van der Waals surface area (Å²) in [5.74, 6) is 0.951. The summed E-state index contributed by atoms with van der Waals surface area (Å²) in [6.07, 6.45) is 3.97. The largest absolute Gasteiger partial charge is 0.492 e. The van der Waals surface area contributed by atoms with Crippen LogP contribution in [0.1, 0.15) is 26.2 Å². The molecule has 0 bridgehead atoms. The smallest absolute Gasteiger partial charge is 0.120 e. The van der Waals surface area contributed by atoms with Crippen molar-refractivity contribution in [1.29, 1.82) is 0 Å². The maximum atomic E-state index is 5.77. The number of nitrogens with zero attached hydrogens (tertiary/aromatic N) is 1. The summed E-state index contributed by atoms with van der Waals surface area (Å²) in [5, 5.41) is 0. The van der Waals surface area contributed by atoms with E-state index in [1.165, 1.54) is 25.8 Å². The summed E-state index contributed by atoms with van der Waals surface area (Å²) >= 11 is 3.45. The minimum absolute atomic E-state index is 0.785. The van der Waals surface area contributed by atoms with E-state index < -0.39 is 0 Å². The highest BCUT2D eigenvalue weighted by atomic mass is 79.9. The zero-order valence-electron chi connectivity index (χ0n) is 10.4. The number of rotatable bonds is 7. The lowest BCUT2D eigenvalue weighted by molar-refractivity contribution is 0.202. The maximum absolute atomic E-state index is 5.77. The zero-order valence-corrected chi connectivity index (χ0v) is 11.9. The zero-order chi connectivity index (χ0) is 12.1. The molecule has 3 heteroatoms. The van der Waals surface area contributed by atoms with Gasteiger partial charge in [-0.05, 0) is 44.0 Å². The van der Waals surface area contributed by atoms with Crippen molar-refractivity contribution in [2.24, 2.45) is 0 Å². The minimum Gasteiger partial charge on any atom is -0.492 e. The molecule has 0 unspecified atom stereocenters. The van der Waals surface area contributed by atoms with Crippen molar-refractivity contribution in [3.05, 3.63) is 28.7 Å². The molecule has 0 aliphatic heterocycles. The fraction of sp³-hybridized carbons (Fsp3) is 0.571. The van der Waals surface area contributed by atoms with E-state index >= 15 is 0 Å². The summed E-state index contributed by atoms with van der Waals surface area (Å²) in [6.45, 7) is 5.27. The Morgan fingerprint density at radius 1 is 1.35 bits per heavy atom. The molecule has 0 N–H and O–H groups in total. The second-order valence-electron chi connectivity index (χ2n) is 4.57. The first kappa shape index (κ1) is 12.9. The second kappa shape index (κ2) is 6.41. The Hall–Kier alpha value is -0.540. The van der Waals surface area contributed by atoms with Gasteiger partial charge in [0.25, 0.3) is 0 Å². The summed E-state index contributed by atoms with van der Waals surface area (Å²) in [4.78, 5) is 2.55. The van der Waals surface area contributed by atoms with Crippen LogP contribution in [0.25, 0.3) is 0 Å². The number of halogens is 1. The van der Waals surface area contributed by atoms with Gasteiger partial charge in [-0.15, -0.1) is 0 Å². The number of ether oxygens (including phenoxy) is 1. The van der Waals surface area contributed by atoms with Gasteiger partial charge >= 0.3 is 0 Å². The van der Waals surface area contributed by atoms with E-state index in [1.54, 1.807) is 0 Å². The van der Waals surface area contributed by atoms with Crippen LogP contribution in [-0.4, -0.2) is 30.6 Å². The fourth-order valence-electron chi connectivity index (χ4n) is 2.04. The van der Waals surface area contributed by atoms with Gasteiger partial charge in [0.15, 0.2) is 0 Å². The van der Waals surface area contributed by atoms with Crippen LogP contribution in [0.2, 0.25) is 0 Å². The molecular weight excluding hydrogens is 278 g/mol. The van der Waals surface area contributed by atoms with E-state index in [4.69, 9.17) is 4.74 Å². The van der Waals surface area contributed by atoms with Crippen LogP contribution in [-0.2, 0) is 0 Å². The highest BCUT2D eigenvalue weighted by Crippen LogP contribution is 2.26. The summed E-state index contributed by atoms with van der Waals surface area (Å²) in [7, 11) is 0. The van der Waals surface area contributed by atoms with Gasteiger partial charge in [0.2, 0.25) is 0 Å². The molecule has 1 saturated carbocycles. The van der Waals surface area contributed by atoms with Crippen LogP contribution < -0.4 is 4.74 Å². The van der Waals surface area contributed by atoms with E-state index in [0.29, 0.717) is 0 Å². The third-order valence-corrected chi connectivity index (χ3v) is 3.51. The molecule has 1 aliphatic rings. The molecule has 0 saturated heterocycles. The maximum Gasteiger partial charge on any atom is 0.120 e. The molecule has 0 radical (unpaired) electrons. The third-order valence-electron chi connectivity index (χ3n) is 3.02. The minimum atomic E-state index is 0.785. The van der Waals surface area contributed by atoms with Crippen LogP contribution in [0, 0.1) is 0 Å². The monoisotopic (exact) mass is 297 g/mol. The van der Waals surface area contributed by atoms with Gasteiger partial charge in [0, 0.05) is 17.1 Å². The first-order valence-corrected chi connectivity index (χ1v) is 7.21. The Labute approximate surface area is 112 Å². The molecule has 0 spiro atoms. The predicted octanol–water partition coefficient (Wildman–Crippen LogP) is 3.70.